The molecule has 0 unspecified atom stereocenters. The van der Waals surface area contributed by atoms with Crippen molar-refractivity contribution in [3.8, 4) is 5.75 Å². The minimum absolute atomic E-state index is 0.0897. The van der Waals surface area contributed by atoms with Crippen molar-refractivity contribution in [2.24, 2.45) is 5.92 Å². The molecule has 1 aliphatic rings. The summed E-state index contributed by atoms with van der Waals surface area (Å²) in [6, 6.07) is 3.37. The monoisotopic (exact) mass is 301 g/mol. The van der Waals surface area contributed by atoms with Gasteiger partial charge in [0.2, 0.25) is 5.91 Å². The van der Waals surface area contributed by atoms with Gasteiger partial charge in [0.25, 0.3) is 0 Å². The van der Waals surface area contributed by atoms with E-state index in [4.69, 9.17) is 0 Å². The second kappa shape index (κ2) is 6.81. The third kappa shape index (κ3) is 3.59. The molecule has 2 heterocycles. The molecule has 5 heteroatoms. The number of rotatable bonds is 5. The Morgan fingerprint density at radius 1 is 1.36 bits per heavy atom. The summed E-state index contributed by atoms with van der Waals surface area (Å²) in [7, 11) is 0. The highest BCUT2D eigenvalue weighted by molar-refractivity contribution is 5.75. The Kier molecular flexibility index (Phi) is 4.61. The Hall–Kier alpha value is -2.04. The first-order chi connectivity index (χ1) is 10.7. The van der Waals surface area contributed by atoms with Crippen LogP contribution in [-0.4, -0.2) is 20.4 Å². The molecule has 0 bridgehead atoms. The fraction of sp³-hybridized carbons (Fsp3) is 0.529. The Labute approximate surface area is 130 Å². The van der Waals surface area contributed by atoms with Gasteiger partial charge in [0.15, 0.2) is 11.4 Å². The van der Waals surface area contributed by atoms with Gasteiger partial charge in [-0.15, -0.1) is 0 Å². The minimum Gasteiger partial charge on any atom is -0.504 e. The number of imidazole rings is 1. The van der Waals surface area contributed by atoms with Crippen LogP contribution < -0.4 is 5.32 Å². The van der Waals surface area contributed by atoms with Gasteiger partial charge < -0.3 is 14.8 Å². The lowest BCUT2D eigenvalue weighted by Crippen LogP contribution is -2.23. The number of nitrogens with one attached hydrogen (secondary N) is 1. The van der Waals surface area contributed by atoms with Crippen molar-refractivity contribution in [3.05, 3.63) is 30.2 Å². The maximum absolute atomic E-state index is 11.9. The first-order valence-electron chi connectivity index (χ1n) is 8.14. The molecule has 2 aromatic rings. The lowest BCUT2D eigenvalue weighted by molar-refractivity contribution is -0.121. The molecule has 0 aromatic carbocycles. The number of hydrogen-bond acceptors (Lipinski definition) is 3. The van der Waals surface area contributed by atoms with Gasteiger partial charge in [-0.1, -0.05) is 32.1 Å². The van der Waals surface area contributed by atoms with Crippen LogP contribution in [0.25, 0.3) is 5.65 Å². The quantitative estimate of drug-likeness (QED) is 0.892. The van der Waals surface area contributed by atoms with E-state index in [2.05, 4.69) is 10.3 Å². The topological polar surface area (TPSA) is 66.6 Å². The van der Waals surface area contributed by atoms with Crippen LogP contribution in [0.4, 0.5) is 0 Å². The predicted molar refractivity (Wildman–Crippen MR) is 84.5 cm³/mol. The summed E-state index contributed by atoms with van der Waals surface area (Å²) in [6.07, 6.45) is 11.8. The first-order valence-corrected chi connectivity index (χ1v) is 8.14. The van der Waals surface area contributed by atoms with E-state index in [1.165, 1.54) is 32.1 Å². The van der Waals surface area contributed by atoms with Crippen LogP contribution >= 0.6 is 0 Å². The predicted octanol–water partition coefficient (Wildman–Crippen LogP) is 3.02. The Bertz CT molecular complexity index is 644. The fourth-order valence-corrected chi connectivity index (χ4v) is 3.22. The van der Waals surface area contributed by atoms with Crippen molar-refractivity contribution in [3.63, 3.8) is 0 Å². The molecule has 1 saturated carbocycles. The van der Waals surface area contributed by atoms with Crippen LogP contribution in [0.1, 0.15) is 50.6 Å². The van der Waals surface area contributed by atoms with Crippen molar-refractivity contribution < 1.29 is 9.90 Å². The van der Waals surface area contributed by atoms with Crippen LogP contribution in [0.2, 0.25) is 0 Å². The Morgan fingerprint density at radius 2 is 2.18 bits per heavy atom. The van der Waals surface area contributed by atoms with Crippen molar-refractivity contribution in [1.82, 2.24) is 14.7 Å². The summed E-state index contributed by atoms with van der Waals surface area (Å²) in [5.41, 5.74) is 1.28. The Morgan fingerprint density at radius 3 is 2.95 bits per heavy atom. The lowest BCUT2D eigenvalue weighted by Gasteiger charge is -2.20. The fourth-order valence-electron chi connectivity index (χ4n) is 3.22. The number of aromatic nitrogens is 2. The van der Waals surface area contributed by atoms with Crippen molar-refractivity contribution >= 4 is 11.6 Å². The highest BCUT2D eigenvalue weighted by Crippen LogP contribution is 2.27. The number of carbonyl (C=O) groups is 1. The van der Waals surface area contributed by atoms with Gasteiger partial charge in [0.1, 0.15) is 0 Å². The third-order valence-electron chi connectivity index (χ3n) is 4.48. The van der Waals surface area contributed by atoms with Crippen LogP contribution in [0, 0.1) is 5.92 Å². The number of fused-ring (bicyclic) bond motifs is 1. The molecule has 1 aliphatic carbocycles. The molecule has 0 atom stereocenters. The molecule has 1 amide bonds. The summed E-state index contributed by atoms with van der Waals surface area (Å²) >= 11 is 0. The summed E-state index contributed by atoms with van der Waals surface area (Å²) in [4.78, 5) is 16.3. The SMILES string of the molecule is O=C(CCC1CCCCC1)NCc1cn2cccc(O)c2n1. The molecule has 118 valence electrons. The van der Waals surface area contributed by atoms with Gasteiger partial charge in [0, 0.05) is 18.8 Å². The largest absolute Gasteiger partial charge is 0.504 e. The van der Waals surface area contributed by atoms with Gasteiger partial charge in [-0.2, -0.15) is 0 Å². The van der Waals surface area contributed by atoms with Crippen LogP contribution in [0.15, 0.2) is 24.5 Å². The van der Waals surface area contributed by atoms with E-state index in [1.807, 2.05) is 12.4 Å². The number of amides is 1. The average Bonchev–Trinajstić information content (AvgIpc) is 2.96. The van der Waals surface area contributed by atoms with Gasteiger partial charge in [-0.25, -0.2) is 4.98 Å². The van der Waals surface area contributed by atoms with Crippen LogP contribution in [0.5, 0.6) is 5.75 Å². The third-order valence-corrected chi connectivity index (χ3v) is 4.48. The summed E-state index contributed by atoms with van der Waals surface area (Å²) in [6.45, 7) is 0.407. The molecule has 2 aromatic heterocycles. The van der Waals surface area contributed by atoms with Crippen LogP contribution in [-0.2, 0) is 11.3 Å². The maximum Gasteiger partial charge on any atom is 0.220 e. The molecular formula is C17H23N3O2. The van der Waals surface area contributed by atoms with Crippen molar-refractivity contribution in [1.29, 1.82) is 0 Å². The highest BCUT2D eigenvalue weighted by Gasteiger charge is 2.15. The van der Waals surface area contributed by atoms with E-state index in [9.17, 15) is 9.90 Å². The van der Waals surface area contributed by atoms with Crippen molar-refractivity contribution in [2.75, 3.05) is 0 Å². The summed E-state index contributed by atoms with van der Waals surface area (Å²) < 4.78 is 1.76. The molecular weight excluding hydrogens is 278 g/mol. The second-order valence-electron chi connectivity index (χ2n) is 6.18. The zero-order chi connectivity index (χ0) is 15.4. The normalized spacial score (nSPS) is 16.0. The maximum atomic E-state index is 11.9. The summed E-state index contributed by atoms with van der Waals surface area (Å²) in [5.74, 6) is 0.968. The van der Waals surface area contributed by atoms with E-state index in [-0.39, 0.29) is 11.7 Å². The van der Waals surface area contributed by atoms with Gasteiger partial charge in [-0.05, 0) is 24.5 Å². The standard InChI is InChI=1S/C17H23N3O2/c21-15-7-4-10-20-12-14(19-17(15)20)11-18-16(22)9-8-13-5-2-1-3-6-13/h4,7,10,12-13,21H,1-3,5-6,8-9,11H2,(H,18,22). The number of carbonyl (C=O) groups excluding carboxylic acids is 1. The molecule has 22 heavy (non-hydrogen) atoms. The van der Waals surface area contributed by atoms with Gasteiger partial charge in [-0.3, -0.25) is 4.79 Å². The smallest absolute Gasteiger partial charge is 0.220 e. The number of nitrogens with zero attached hydrogens (tertiary/aromatic N) is 2. The molecule has 5 nitrogen and oxygen atoms in total. The number of hydrogen-bond donors (Lipinski definition) is 2. The van der Waals surface area contributed by atoms with E-state index >= 15 is 0 Å². The number of pyridine rings is 1. The molecule has 0 aliphatic heterocycles. The molecule has 3 rings (SSSR count). The average molecular weight is 301 g/mol. The van der Waals surface area contributed by atoms with Gasteiger partial charge >= 0.3 is 0 Å². The zero-order valence-corrected chi connectivity index (χ0v) is 12.8. The highest BCUT2D eigenvalue weighted by atomic mass is 16.3. The first kappa shape index (κ1) is 14.9. The molecule has 0 saturated heterocycles. The van der Waals surface area contributed by atoms with Crippen molar-refractivity contribution in [2.45, 2.75) is 51.5 Å². The molecule has 0 spiro atoms. The number of aromatic hydroxyl groups is 1. The Balaban J connectivity index is 1.48. The van der Waals surface area contributed by atoms with Gasteiger partial charge in [0.05, 0.1) is 12.2 Å². The molecule has 0 radical (unpaired) electrons. The lowest BCUT2D eigenvalue weighted by atomic mass is 9.86. The molecule has 1 fully saturated rings. The minimum atomic E-state index is 0.0897. The van der Waals surface area contributed by atoms with E-state index in [0.717, 1.165) is 18.0 Å². The second-order valence-corrected chi connectivity index (χ2v) is 6.18. The van der Waals surface area contributed by atoms with Crippen LogP contribution in [0.3, 0.4) is 0 Å². The van der Waals surface area contributed by atoms with E-state index in [1.54, 1.807) is 16.5 Å². The van der Waals surface area contributed by atoms with E-state index in [0.29, 0.717) is 18.6 Å². The summed E-state index contributed by atoms with van der Waals surface area (Å²) in [5, 5.41) is 12.6. The molecule has 2 N–H and O–H groups in total. The van der Waals surface area contributed by atoms with E-state index < -0.39 is 0 Å². The zero-order valence-electron chi connectivity index (χ0n) is 12.8.